The second-order valence-electron chi connectivity index (χ2n) is 3.17. The minimum atomic E-state index is -0.612. The number of imidazole rings is 2. The number of carbonyl (C=O) groups excluding carboxylic acids is 1. The average Bonchev–Trinajstić information content (AvgIpc) is 2.88. The molecule has 2 aromatic rings. The minimum Gasteiger partial charge on any atom is -0.351 e. The number of nitrogens with two attached hydrogens (primary N) is 1. The number of hydrogen-bond donors (Lipinski definition) is 3. The van der Waals surface area contributed by atoms with Crippen LogP contribution in [0.25, 0.3) is 0 Å². The minimum absolute atomic E-state index is 0.206. The summed E-state index contributed by atoms with van der Waals surface area (Å²) >= 11 is 0. The van der Waals surface area contributed by atoms with Crippen LogP contribution >= 0.6 is 0 Å². The molecule has 0 aromatic carbocycles. The first kappa shape index (κ1) is 9.60. The summed E-state index contributed by atoms with van der Waals surface area (Å²) in [7, 11) is 0. The molecule has 78 valence electrons. The number of nitrogens with zero attached hydrogens (tertiary/aromatic N) is 2. The Kier molecular flexibility index (Phi) is 2.59. The lowest BCUT2D eigenvalue weighted by Crippen LogP contribution is -2.33. The number of carbonyl (C=O) groups is 1. The molecule has 0 saturated carbocycles. The molecule has 2 heterocycles. The van der Waals surface area contributed by atoms with Crippen molar-refractivity contribution in [3.63, 3.8) is 0 Å². The van der Waals surface area contributed by atoms with Gasteiger partial charge in [0, 0.05) is 25.0 Å². The van der Waals surface area contributed by atoms with Crippen LogP contribution in [0.1, 0.15) is 16.3 Å². The van der Waals surface area contributed by atoms with Crippen LogP contribution in [0, 0.1) is 0 Å². The smallest absolute Gasteiger partial charge is 0.215 e. The number of ketones is 1. The molecule has 0 fully saturated rings. The molecular formula is C9H11N5O. The molecule has 15 heavy (non-hydrogen) atoms. The first-order chi connectivity index (χ1) is 7.27. The largest absolute Gasteiger partial charge is 0.351 e. The summed E-state index contributed by atoms with van der Waals surface area (Å²) in [5.74, 6) is 0.0843. The molecule has 0 spiro atoms. The second-order valence-corrected chi connectivity index (χ2v) is 3.17. The number of aromatic amines is 2. The standard InChI is InChI=1S/C9H11N5O/c10-7(3-6-4-11-5-14-6)8(15)9-12-1-2-13-9/h1-2,4-5,7H,3,10H2,(H,11,14)(H,12,13)/t7-/m0/s1. The van der Waals surface area contributed by atoms with Gasteiger partial charge in [-0.25, -0.2) is 9.97 Å². The summed E-state index contributed by atoms with van der Waals surface area (Å²) < 4.78 is 0. The molecule has 4 N–H and O–H groups in total. The normalized spacial score (nSPS) is 12.6. The third-order valence-corrected chi connectivity index (χ3v) is 2.05. The van der Waals surface area contributed by atoms with Crippen LogP contribution in [-0.4, -0.2) is 31.8 Å². The molecule has 0 radical (unpaired) electrons. The van der Waals surface area contributed by atoms with E-state index in [1.165, 1.54) is 6.20 Å². The van der Waals surface area contributed by atoms with Gasteiger partial charge in [0.15, 0.2) is 5.82 Å². The number of nitrogens with one attached hydrogen (secondary N) is 2. The van der Waals surface area contributed by atoms with Gasteiger partial charge in [-0.15, -0.1) is 0 Å². The van der Waals surface area contributed by atoms with Crippen molar-refractivity contribution in [3.8, 4) is 0 Å². The van der Waals surface area contributed by atoms with E-state index in [-0.39, 0.29) is 11.6 Å². The van der Waals surface area contributed by atoms with Crippen LogP contribution in [0.4, 0.5) is 0 Å². The zero-order valence-corrected chi connectivity index (χ0v) is 7.97. The van der Waals surface area contributed by atoms with E-state index in [1.54, 1.807) is 18.7 Å². The molecule has 6 heteroatoms. The lowest BCUT2D eigenvalue weighted by atomic mass is 10.1. The fraction of sp³-hybridized carbons (Fsp3) is 0.222. The van der Waals surface area contributed by atoms with Crippen LogP contribution in [-0.2, 0) is 6.42 Å². The molecule has 0 aliphatic rings. The molecule has 0 saturated heterocycles. The van der Waals surface area contributed by atoms with Gasteiger partial charge in [-0.3, -0.25) is 4.79 Å². The maximum atomic E-state index is 11.7. The van der Waals surface area contributed by atoms with E-state index in [0.717, 1.165) is 5.69 Å². The van der Waals surface area contributed by atoms with E-state index < -0.39 is 6.04 Å². The van der Waals surface area contributed by atoms with Crippen LogP contribution in [0.5, 0.6) is 0 Å². The third-order valence-electron chi connectivity index (χ3n) is 2.05. The molecular weight excluding hydrogens is 194 g/mol. The molecule has 0 amide bonds. The monoisotopic (exact) mass is 205 g/mol. The van der Waals surface area contributed by atoms with Crippen LogP contribution < -0.4 is 5.73 Å². The van der Waals surface area contributed by atoms with Crippen molar-refractivity contribution < 1.29 is 4.79 Å². The van der Waals surface area contributed by atoms with Gasteiger partial charge in [0.05, 0.1) is 18.1 Å². The quantitative estimate of drug-likeness (QED) is 0.606. The Balaban J connectivity index is 2.03. The Morgan fingerprint density at radius 1 is 1.53 bits per heavy atom. The summed E-state index contributed by atoms with van der Waals surface area (Å²) in [4.78, 5) is 25.1. The van der Waals surface area contributed by atoms with E-state index in [2.05, 4.69) is 19.9 Å². The molecule has 0 aliphatic heterocycles. The zero-order chi connectivity index (χ0) is 10.7. The summed E-state index contributed by atoms with van der Waals surface area (Å²) in [5.41, 5.74) is 6.50. The Bertz CT molecular complexity index is 419. The van der Waals surface area contributed by atoms with Gasteiger partial charge in [-0.1, -0.05) is 0 Å². The van der Waals surface area contributed by atoms with Crippen molar-refractivity contribution in [1.82, 2.24) is 19.9 Å². The molecule has 1 atom stereocenters. The molecule has 0 aliphatic carbocycles. The fourth-order valence-electron chi connectivity index (χ4n) is 1.30. The van der Waals surface area contributed by atoms with E-state index >= 15 is 0 Å². The van der Waals surface area contributed by atoms with Crippen molar-refractivity contribution in [2.24, 2.45) is 5.73 Å². The summed E-state index contributed by atoms with van der Waals surface area (Å²) in [5, 5.41) is 0. The third kappa shape index (κ3) is 2.10. The Hall–Kier alpha value is -1.95. The first-order valence-corrected chi connectivity index (χ1v) is 4.54. The lowest BCUT2D eigenvalue weighted by molar-refractivity contribution is 0.0951. The molecule has 0 bridgehead atoms. The fourth-order valence-corrected chi connectivity index (χ4v) is 1.30. The molecule has 6 nitrogen and oxygen atoms in total. The van der Waals surface area contributed by atoms with Crippen molar-refractivity contribution in [3.05, 3.63) is 36.4 Å². The summed E-state index contributed by atoms with van der Waals surface area (Å²) in [6.45, 7) is 0. The Morgan fingerprint density at radius 2 is 2.40 bits per heavy atom. The van der Waals surface area contributed by atoms with E-state index in [9.17, 15) is 4.79 Å². The van der Waals surface area contributed by atoms with Crippen molar-refractivity contribution >= 4 is 5.78 Å². The Morgan fingerprint density at radius 3 is 3.00 bits per heavy atom. The molecule has 2 rings (SSSR count). The SMILES string of the molecule is N[C@@H](Cc1c[nH]cn1)C(=O)c1ncc[nH]1. The highest BCUT2D eigenvalue weighted by molar-refractivity contribution is 5.96. The number of Topliss-reactive ketones (excluding diaryl/α,β-unsaturated/α-hetero) is 1. The van der Waals surface area contributed by atoms with Crippen LogP contribution in [0.2, 0.25) is 0 Å². The lowest BCUT2D eigenvalue weighted by Gasteiger charge is -2.05. The van der Waals surface area contributed by atoms with Gasteiger partial charge in [0.25, 0.3) is 0 Å². The highest BCUT2D eigenvalue weighted by Crippen LogP contribution is 2.01. The molecule has 0 unspecified atom stereocenters. The predicted octanol–water partition coefficient (Wildman–Crippen LogP) is -0.115. The Labute approximate surface area is 85.9 Å². The number of rotatable bonds is 4. The van der Waals surface area contributed by atoms with Crippen molar-refractivity contribution in [2.45, 2.75) is 12.5 Å². The van der Waals surface area contributed by atoms with E-state index in [4.69, 9.17) is 5.73 Å². The average molecular weight is 205 g/mol. The number of aromatic nitrogens is 4. The van der Waals surface area contributed by atoms with Gasteiger partial charge in [-0.05, 0) is 0 Å². The van der Waals surface area contributed by atoms with Gasteiger partial charge in [0.2, 0.25) is 5.78 Å². The van der Waals surface area contributed by atoms with Gasteiger partial charge in [0.1, 0.15) is 0 Å². The van der Waals surface area contributed by atoms with E-state index in [0.29, 0.717) is 6.42 Å². The first-order valence-electron chi connectivity index (χ1n) is 4.54. The zero-order valence-electron chi connectivity index (χ0n) is 7.97. The molecule has 2 aromatic heterocycles. The maximum absolute atomic E-state index is 11.7. The topological polar surface area (TPSA) is 100 Å². The maximum Gasteiger partial charge on any atom is 0.215 e. The van der Waals surface area contributed by atoms with Crippen molar-refractivity contribution in [1.29, 1.82) is 0 Å². The number of hydrogen-bond acceptors (Lipinski definition) is 4. The van der Waals surface area contributed by atoms with Gasteiger partial charge < -0.3 is 15.7 Å². The van der Waals surface area contributed by atoms with Crippen molar-refractivity contribution in [2.75, 3.05) is 0 Å². The van der Waals surface area contributed by atoms with Gasteiger partial charge in [-0.2, -0.15) is 0 Å². The highest BCUT2D eigenvalue weighted by Gasteiger charge is 2.18. The second kappa shape index (κ2) is 4.05. The van der Waals surface area contributed by atoms with Gasteiger partial charge >= 0.3 is 0 Å². The predicted molar refractivity (Wildman–Crippen MR) is 53.2 cm³/mol. The highest BCUT2D eigenvalue weighted by atomic mass is 16.1. The van der Waals surface area contributed by atoms with Crippen LogP contribution in [0.3, 0.4) is 0 Å². The van der Waals surface area contributed by atoms with E-state index in [1.807, 2.05) is 0 Å². The summed E-state index contributed by atoms with van der Waals surface area (Å²) in [6, 6.07) is -0.612. The van der Waals surface area contributed by atoms with Crippen LogP contribution in [0.15, 0.2) is 24.9 Å². The number of H-pyrrole nitrogens is 2. The summed E-state index contributed by atoms with van der Waals surface area (Å²) in [6.07, 6.45) is 6.79.